The third kappa shape index (κ3) is 3.51. The first-order valence-corrected chi connectivity index (χ1v) is 4.17. The van der Waals surface area contributed by atoms with E-state index in [0.29, 0.717) is 5.57 Å². The van der Waals surface area contributed by atoms with Crippen molar-refractivity contribution < 1.29 is 19.1 Å². The van der Waals surface area contributed by atoms with Crippen molar-refractivity contribution in [3.8, 4) is 0 Å². The van der Waals surface area contributed by atoms with E-state index >= 15 is 0 Å². The van der Waals surface area contributed by atoms with E-state index in [9.17, 15) is 14.4 Å². The molecule has 4 nitrogen and oxygen atoms in total. The molecule has 0 saturated heterocycles. The standard InChI is InChI=1S/C10H14O4/c1-6(2)9(12)5-8(7(3)11)10(13)14-4/h8H,1,5H2,2-4H3. The van der Waals surface area contributed by atoms with Gasteiger partial charge < -0.3 is 4.74 Å². The number of ketones is 2. The van der Waals surface area contributed by atoms with Gasteiger partial charge in [0.2, 0.25) is 0 Å². The predicted octanol–water partition coefficient (Wildman–Crippen LogP) is 0.900. The summed E-state index contributed by atoms with van der Waals surface area (Å²) in [5, 5.41) is 0. The van der Waals surface area contributed by atoms with Crippen LogP contribution in [0.15, 0.2) is 12.2 Å². The number of hydrogen-bond acceptors (Lipinski definition) is 4. The van der Waals surface area contributed by atoms with E-state index in [1.165, 1.54) is 21.0 Å². The monoisotopic (exact) mass is 198 g/mol. The van der Waals surface area contributed by atoms with E-state index in [2.05, 4.69) is 11.3 Å². The summed E-state index contributed by atoms with van der Waals surface area (Å²) < 4.78 is 4.41. The zero-order chi connectivity index (χ0) is 11.3. The molecule has 0 N–H and O–H groups in total. The van der Waals surface area contributed by atoms with Gasteiger partial charge in [-0.3, -0.25) is 14.4 Å². The van der Waals surface area contributed by atoms with Crippen LogP contribution in [0.2, 0.25) is 0 Å². The Morgan fingerprint density at radius 1 is 1.29 bits per heavy atom. The van der Waals surface area contributed by atoms with E-state index in [0.717, 1.165) is 0 Å². The van der Waals surface area contributed by atoms with Crippen molar-refractivity contribution in [3.05, 3.63) is 12.2 Å². The van der Waals surface area contributed by atoms with E-state index in [-0.39, 0.29) is 18.0 Å². The molecular formula is C10H14O4. The van der Waals surface area contributed by atoms with Gasteiger partial charge in [0, 0.05) is 6.42 Å². The van der Waals surface area contributed by atoms with Crippen LogP contribution in [0.5, 0.6) is 0 Å². The Balaban J connectivity index is 4.54. The van der Waals surface area contributed by atoms with Crippen LogP contribution < -0.4 is 0 Å². The van der Waals surface area contributed by atoms with E-state index in [1.54, 1.807) is 0 Å². The second-order valence-corrected chi connectivity index (χ2v) is 3.09. The van der Waals surface area contributed by atoms with Gasteiger partial charge in [-0.25, -0.2) is 0 Å². The molecule has 1 atom stereocenters. The van der Waals surface area contributed by atoms with Gasteiger partial charge in [-0.2, -0.15) is 0 Å². The molecule has 0 saturated carbocycles. The van der Waals surface area contributed by atoms with Gasteiger partial charge in [-0.1, -0.05) is 6.58 Å². The molecule has 0 aliphatic carbocycles. The van der Waals surface area contributed by atoms with Crippen molar-refractivity contribution in [2.45, 2.75) is 20.3 Å². The molecule has 0 heterocycles. The first kappa shape index (κ1) is 12.6. The molecule has 0 aliphatic heterocycles. The quantitative estimate of drug-likeness (QED) is 0.374. The Bertz CT molecular complexity index is 278. The molecule has 0 bridgehead atoms. The molecular weight excluding hydrogens is 184 g/mol. The van der Waals surface area contributed by atoms with E-state index < -0.39 is 11.9 Å². The molecule has 0 aromatic rings. The topological polar surface area (TPSA) is 60.4 Å². The number of carbonyl (C=O) groups is 3. The first-order valence-electron chi connectivity index (χ1n) is 4.17. The number of allylic oxidation sites excluding steroid dienone is 1. The molecule has 78 valence electrons. The molecule has 0 fully saturated rings. The van der Waals surface area contributed by atoms with Crippen LogP contribution in [-0.2, 0) is 19.1 Å². The average Bonchev–Trinajstić information content (AvgIpc) is 2.11. The van der Waals surface area contributed by atoms with Crippen LogP contribution >= 0.6 is 0 Å². The summed E-state index contributed by atoms with van der Waals surface area (Å²) >= 11 is 0. The van der Waals surface area contributed by atoms with Crippen LogP contribution in [0.25, 0.3) is 0 Å². The van der Waals surface area contributed by atoms with E-state index in [1.807, 2.05) is 0 Å². The molecule has 0 aromatic carbocycles. The Labute approximate surface area is 82.9 Å². The van der Waals surface area contributed by atoms with Crippen LogP contribution in [0.1, 0.15) is 20.3 Å². The second-order valence-electron chi connectivity index (χ2n) is 3.09. The van der Waals surface area contributed by atoms with Crippen molar-refractivity contribution in [1.82, 2.24) is 0 Å². The molecule has 1 unspecified atom stereocenters. The van der Waals surface area contributed by atoms with Crippen LogP contribution in [-0.4, -0.2) is 24.6 Å². The maximum atomic E-state index is 11.2. The summed E-state index contributed by atoms with van der Waals surface area (Å²) in [5.74, 6) is -2.33. The second kappa shape index (κ2) is 5.32. The van der Waals surface area contributed by atoms with Crippen molar-refractivity contribution >= 4 is 17.5 Å². The molecule has 0 rings (SSSR count). The lowest BCUT2D eigenvalue weighted by atomic mass is 9.96. The van der Waals surface area contributed by atoms with E-state index in [4.69, 9.17) is 0 Å². The summed E-state index contributed by atoms with van der Waals surface area (Å²) in [7, 11) is 1.18. The highest BCUT2D eigenvalue weighted by Gasteiger charge is 2.26. The largest absolute Gasteiger partial charge is 0.468 e. The predicted molar refractivity (Wildman–Crippen MR) is 50.6 cm³/mol. The van der Waals surface area contributed by atoms with Gasteiger partial charge in [0.1, 0.15) is 11.7 Å². The maximum Gasteiger partial charge on any atom is 0.316 e. The number of rotatable bonds is 5. The lowest BCUT2D eigenvalue weighted by molar-refractivity contribution is -0.150. The fourth-order valence-electron chi connectivity index (χ4n) is 0.895. The minimum atomic E-state index is -0.996. The molecule has 0 aliphatic rings. The third-order valence-corrected chi connectivity index (χ3v) is 1.84. The lowest BCUT2D eigenvalue weighted by Crippen LogP contribution is -2.26. The Kier molecular flexibility index (Phi) is 4.77. The Morgan fingerprint density at radius 2 is 1.79 bits per heavy atom. The molecule has 0 spiro atoms. The molecule has 14 heavy (non-hydrogen) atoms. The van der Waals surface area contributed by atoms with Crippen molar-refractivity contribution in [3.63, 3.8) is 0 Å². The number of methoxy groups -OCH3 is 1. The lowest BCUT2D eigenvalue weighted by Gasteiger charge is -2.09. The highest BCUT2D eigenvalue weighted by Crippen LogP contribution is 2.10. The highest BCUT2D eigenvalue weighted by molar-refractivity contribution is 6.04. The summed E-state index contributed by atoms with van der Waals surface area (Å²) in [4.78, 5) is 33.3. The first-order chi connectivity index (χ1) is 6.40. The fraction of sp³-hybridized carbons (Fsp3) is 0.500. The average molecular weight is 198 g/mol. The van der Waals surface area contributed by atoms with Crippen LogP contribution in [0.3, 0.4) is 0 Å². The smallest absolute Gasteiger partial charge is 0.316 e. The molecule has 0 radical (unpaired) electrons. The third-order valence-electron chi connectivity index (χ3n) is 1.84. The molecule has 0 amide bonds. The van der Waals surface area contributed by atoms with Gasteiger partial charge in [-0.15, -0.1) is 0 Å². The van der Waals surface area contributed by atoms with Gasteiger partial charge >= 0.3 is 5.97 Å². The zero-order valence-corrected chi connectivity index (χ0v) is 8.62. The minimum absolute atomic E-state index is 0.155. The number of ether oxygens (including phenoxy) is 1. The highest BCUT2D eigenvalue weighted by atomic mass is 16.5. The minimum Gasteiger partial charge on any atom is -0.468 e. The van der Waals surface area contributed by atoms with Gasteiger partial charge in [0.25, 0.3) is 0 Å². The summed E-state index contributed by atoms with van der Waals surface area (Å²) in [6, 6.07) is 0. The van der Waals surface area contributed by atoms with Crippen LogP contribution in [0.4, 0.5) is 0 Å². The van der Waals surface area contributed by atoms with Crippen molar-refractivity contribution in [2.75, 3.05) is 7.11 Å². The molecule has 4 heteroatoms. The number of hydrogen-bond donors (Lipinski definition) is 0. The zero-order valence-electron chi connectivity index (χ0n) is 8.62. The number of esters is 1. The SMILES string of the molecule is C=C(C)C(=O)CC(C(C)=O)C(=O)OC. The summed E-state index contributed by atoms with van der Waals surface area (Å²) in [6.45, 7) is 6.24. The van der Waals surface area contributed by atoms with Gasteiger partial charge in [0.15, 0.2) is 5.78 Å². The number of Topliss-reactive ketones (excluding diaryl/α,β-unsaturated/α-hetero) is 2. The van der Waals surface area contributed by atoms with Crippen molar-refractivity contribution in [2.24, 2.45) is 5.92 Å². The number of carbonyl (C=O) groups excluding carboxylic acids is 3. The fourth-order valence-corrected chi connectivity index (χ4v) is 0.895. The molecule has 0 aromatic heterocycles. The maximum absolute atomic E-state index is 11.2. The summed E-state index contributed by atoms with van der Waals surface area (Å²) in [5.41, 5.74) is 0.333. The Hall–Kier alpha value is -1.45. The normalized spacial score (nSPS) is 11.6. The Morgan fingerprint density at radius 3 is 2.07 bits per heavy atom. The van der Waals surface area contributed by atoms with Crippen LogP contribution in [0, 0.1) is 5.92 Å². The summed E-state index contributed by atoms with van der Waals surface area (Å²) in [6.07, 6.45) is -0.155. The van der Waals surface area contributed by atoms with Gasteiger partial charge in [0.05, 0.1) is 7.11 Å². The van der Waals surface area contributed by atoms with Crippen molar-refractivity contribution in [1.29, 1.82) is 0 Å². The van der Waals surface area contributed by atoms with Gasteiger partial charge in [-0.05, 0) is 19.4 Å².